The molecule has 2 aromatic rings. The molecule has 4 heteroatoms. The van der Waals surface area contributed by atoms with Crippen LogP contribution in [-0.2, 0) is 6.54 Å². The van der Waals surface area contributed by atoms with Crippen LogP contribution in [0.3, 0.4) is 0 Å². The highest BCUT2D eigenvalue weighted by molar-refractivity contribution is 7.99. The summed E-state index contributed by atoms with van der Waals surface area (Å²) in [6, 6.07) is 11.7. The highest BCUT2D eigenvalue weighted by Crippen LogP contribution is 2.34. The molecule has 0 aliphatic heterocycles. The van der Waals surface area contributed by atoms with Crippen molar-refractivity contribution in [2.75, 3.05) is 5.75 Å². The highest BCUT2D eigenvalue weighted by Gasteiger charge is 2.10. The van der Waals surface area contributed by atoms with Gasteiger partial charge in [-0.15, -0.1) is 11.8 Å². The number of nitrogens with two attached hydrogens (primary N) is 1. The van der Waals surface area contributed by atoms with Gasteiger partial charge in [-0.25, -0.2) is 0 Å². The number of halogens is 1. The van der Waals surface area contributed by atoms with Crippen molar-refractivity contribution in [1.82, 2.24) is 0 Å². The van der Waals surface area contributed by atoms with E-state index in [1.807, 2.05) is 37.3 Å². The third kappa shape index (κ3) is 3.48. The highest BCUT2D eigenvalue weighted by atomic mass is 35.5. The van der Waals surface area contributed by atoms with E-state index in [2.05, 4.69) is 13.0 Å². The molecule has 0 amide bonds. The standard InChI is InChI=1S/C16H18ClNOS/c1-3-20-16-6-4-5-14(13(16)10-18)19-15-9-12(17)8-7-11(15)2/h4-9H,3,10,18H2,1-2H3. The maximum atomic E-state index is 6.03. The van der Waals surface area contributed by atoms with Gasteiger partial charge < -0.3 is 10.5 Å². The zero-order valence-corrected chi connectivity index (χ0v) is 13.2. The molecule has 0 aliphatic carbocycles. The fraction of sp³-hybridized carbons (Fsp3) is 0.250. The van der Waals surface area contributed by atoms with E-state index in [9.17, 15) is 0 Å². The number of rotatable bonds is 5. The Labute approximate surface area is 129 Å². The fourth-order valence-electron chi connectivity index (χ4n) is 1.94. The van der Waals surface area contributed by atoms with Crippen LogP contribution >= 0.6 is 23.4 Å². The molecule has 2 nitrogen and oxygen atoms in total. The Kier molecular flexibility index (Phi) is 5.35. The fourth-order valence-corrected chi connectivity index (χ4v) is 2.94. The van der Waals surface area contributed by atoms with Gasteiger partial charge in [0.15, 0.2) is 0 Å². The van der Waals surface area contributed by atoms with Crippen LogP contribution in [0.25, 0.3) is 0 Å². The Morgan fingerprint density at radius 1 is 1.20 bits per heavy atom. The zero-order chi connectivity index (χ0) is 14.5. The van der Waals surface area contributed by atoms with Gasteiger partial charge in [-0.2, -0.15) is 0 Å². The molecule has 0 saturated heterocycles. The molecule has 0 aliphatic rings. The molecular weight excluding hydrogens is 290 g/mol. The second-order valence-corrected chi connectivity index (χ2v) is 6.12. The van der Waals surface area contributed by atoms with Crippen LogP contribution in [-0.4, -0.2) is 5.75 Å². The van der Waals surface area contributed by atoms with Gasteiger partial charge in [0.2, 0.25) is 0 Å². The summed E-state index contributed by atoms with van der Waals surface area (Å²) < 4.78 is 6.02. The molecule has 0 unspecified atom stereocenters. The molecule has 0 aromatic heterocycles. The quantitative estimate of drug-likeness (QED) is 0.788. The second kappa shape index (κ2) is 7.02. The van der Waals surface area contributed by atoms with E-state index in [4.69, 9.17) is 22.1 Å². The van der Waals surface area contributed by atoms with Crippen molar-refractivity contribution in [1.29, 1.82) is 0 Å². The molecule has 0 saturated carbocycles. The van der Waals surface area contributed by atoms with Gasteiger partial charge in [0, 0.05) is 22.0 Å². The van der Waals surface area contributed by atoms with E-state index in [1.165, 1.54) is 4.90 Å². The maximum Gasteiger partial charge on any atom is 0.133 e. The average Bonchev–Trinajstić information content (AvgIpc) is 2.43. The lowest BCUT2D eigenvalue weighted by Crippen LogP contribution is -2.02. The van der Waals surface area contributed by atoms with Gasteiger partial charge in [0.1, 0.15) is 11.5 Å². The SMILES string of the molecule is CCSc1cccc(Oc2cc(Cl)ccc2C)c1CN. The summed E-state index contributed by atoms with van der Waals surface area (Å²) in [5.74, 6) is 2.58. The number of hydrogen-bond acceptors (Lipinski definition) is 3. The summed E-state index contributed by atoms with van der Waals surface area (Å²) >= 11 is 7.80. The first-order chi connectivity index (χ1) is 9.65. The van der Waals surface area contributed by atoms with Crippen molar-refractivity contribution >= 4 is 23.4 Å². The molecule has 2 N–H and O–H groups in total. The Hall–Kier alpha value is -1.16. The third-order valence-electron chi connectivity index (χ3n) is 2.96. The Balaban J connectivity index is 2.37. The molecule has 0 radical (unpaired) electrons. The smallest absolute Gasteiger partial charge is 0.133 e. The summed E-state index contributed by atoms with van der Waals surface area (Å²) in [6.07, 6.45) is 0. The van der Waals surface area contributed by atoms with Gasteiger partial charge in [0.05, 0.1) is 0 Å². The van der Waals surface area contributed by atoms with Gasteiger partial charge in [-0.05, 0) is 42.5 Å². The maximum absolute atomic E-state index is 6.03. The minimum Gasteiger partial charge on any atom is -0.457 e. The van der Waals surface area contributed by atoms with Crippen LogP contribution in [0, 0.1) is 6.92 Å². The van der Waals surface area contributed by atoms with Crippen LogP contribution in [0.2, 0.25) is 5.02 Å². The number of aryl methyl sites for hydroxylation is 1. The molecule has 0 bridgehead atoms. The molecule has 0 spiro atoms. The first kappa shape index (κ1) is 15.2. The summed E-state index contributed by atoms with van der Waals surface area (Å²) in [7, 11) is 0. The van der Waals surface area contributed by atoms with Gasteiger partial charge in [0.25, 0.3) is 0 Å². The largest absolute Gasteiger partial charge is 0.457 e. The lowest BCUT2D eigenvalue weighted by molar-refractivity contribution is 0.471. The van der Waals surface area contributed by atoms with E-state index in [0.717, 1.165) is 28.4 Å². The number of thioether (sulfide) groups is 1. The average molecular weight is 308 g/mol. The summed E-state index contributed by atoms with van der Waals surface area (Å²) in [6.45, 7) is 4.58. The Morgan fingerprint density at radius 3 is 2.70 bits per heavy atom. The predicted molar refractivity (Wildman–Crippen MR) is 87.0 cm³/mol. The molecule has 106 valence electrons. The van der Waals surface area contributed by atoms with Crippen LogP contribution in [0.5, 0.6) is 11.5 Å². The topological polar surface area (TPSA) is 35.2 Å². The van der Waals surface area contributed by atoms with Crippen molar-refractivity contribution in [3.8, 4) is 11.5 Å². The normalized spacial score (nSPS) is 10.6. The number of benzene rings is 2. The van der Waals surface area contributed by atoms with Gasteiger partial charge in [-0.3, -0.25) is 0 Å². The van der Waals surface area contributed by atoms with E-state index in [-0.39, 0.29) is 0 Å². The molecular formula is C16H18ClNOS. The van der Waals surface area contributed by atoms with Crippen LogP contribution in [0.1, 0.15) is 18.1 Å². The molecule has 2 aromatic carbocycles. The first-order valence-electron chi connectivity index (χ1n) is 6.54. The summed E-state index contributed by atoms with van der Waals surface area (Å²) in [5, 5.41) is 0.666. The van der Waals surface area contributed by atoms with Crippen LogP contribution < -0.4 is 10.5 Å². The van der Waals surface area contributed by atoms with E-state index in [1.54, 1.807) is 11.8 Å². The summed E-state index contributed by atoms with van der Waals surface area (Å²) in [5.41, 5.74) is 7.97. The number of hydrogen-bond donors (Lipinski definition) is 1. The van der Waals surface area contributed by atoms with Crippen LogP contribution in [0.15, 0.2) is 41.3 Å². The molecule has 0 fully saturated rings. The van der Waals surface area contributed by atoms with Crippen molar-refractivity contribution in [3.05, 3.63) is 52.5 Å². The van der Waals surface area contributed by atoms with Crippen molar-refractivity contribution in [3.63, 3.8) is 0 Å². The first-order valence-corrected chi connectivity index (χ1v) is 7.90. The van der Waals surface area contributed by atoms with E-state index < -0.39 is 0 Å². The van der Waals surface area contributed by atoms with Crippen molar-refractivity contribution in [2.24, 2.45) is 5.73 Å². The second-order valence-electron chi connectivity index (χ2n) is 4.38. The monoisotopic (exact) mass is 307 g/mol. The lowest BCUT2D eigenvalue weighted by atomic mass is 10.2. The van der Waals surface area contributed by atoms with Crippen molar-refractivity contribution < 1.29 is 4.74 Å². The summed E-state index contributed by atoms with van der Waals surface area (Å²) in [4.78, 5) is 1.17. The Morgan fingerprint density at radius 2 is 2.00 bits per heavy atom. The number of ether oxygens (including phenoxy) is 1. The van der Waals surface area contributed by atoms with Crippen molar-refractivity contribution in [2.45, 2.75) is 25.3 Å². The predicted octanol–water partition coefficient (Wildman–Crippen LogP) is 5.01. The molecule has 0 atom stereocenters. The molecule has 20 heavy (non-hydrogen) atoms. The minimum absolute atomic E-state index is 0.456. The minimum atomic E-state index is 0.456. The van der Waals surface area contributed by atoms with E-state index >= 15 is 0 Å². The van der Waals surface area contributed by atoms with E-state index in [0.29, 0.717) is 11.6 Å². The Bertz CT molecular complexity index is 601. The molecule has 2 rings (SSSR count). The third-order valence-corrected chi connectivity index (χ3v) is 4.18. The molecule has 0 heterocycles. The van der Waals surface area contributed by atoms with Crippen LogP contribution in [0.4, 0.5) is 0 Å². The van der Waals surface area contributed by atoms with Gasteiger partial charge in [-0.1, -0.05) is 30.7 Å². The lowest BCUT2D eigenvalue weighted by Gasteiger charge is -2.15. The van der Waals surface area contributed by atoms with Gasteiger partial charge >= 0.3 is 0 Å². The zero-order valence-electron chi connectivity index (χ0n) is 11.7.